The minimum Gasteiger partial charge on any atom is -0.348 e. The fourth-order valence-corrected chi connectivity index (χ4v) is 1.53. The monoisotopic (exact) mass is 199 g/mol. The van der Waals surface area contributed by atoms with E-state index in [1.54, 1.807) is 24.5 Å². The van der Waals surface area contributed by atoms with E-state index in [-0.39, 0.29) is 5.91 Å². The van der Waals surface area contributed by atoms with Crippen LogP contribution in [0.4, 0.5) is 0 Å². The van der Waals surface area contributed by atoms with E-state index in [1.165, 1.54) is 0 Å². The number of aryl methyl sites for hydroxylation is 1. The summed E-state index contributed by atoms with van der Waals surface area (Å²) in [6.45, 7) is 4.11. The number of nitrogens with one attached hydrogen (secondary N) is 1. The van der Waals surface area contributed by atoms with Gasteiger partial charge in [0.15, 0.2) is 0 Å². The van der Waals surface area contributed by atoms with Crippen molar-refractivity contribution >= 4 is 17.2 Å². The summed E-state index contributed by atoms with van der Waals surface area (Å²) >= 11 is 1.57. The fraction of sp³-hybridized carbons (Fsp3) is 0.500. The summed E-state index contributed by atoms with van der Waals surface area (Å²) < 4.78 is 0. The Balaban J connectivity index is 2.39. The number of nitrogens with zero attached hydrogens (tertiary/aromatic N) is 1. The van der Waals surface area contributed by atoms with Gasteiger partial charge < -0.3 is 11.1 Å². The lowest BCUT2D eigenvalue weighted by Crippen LogP contribution is -2.37. The highest BCUT2D eigenvalue weighted by Gasteiger charge is 2.07. The molecule has 0 spiro atoms. The second-order valence-electron chi connectivity index (χ2n) is 2.87. The lowest BCUT2D eigenvalue weighted by molar-refractivity contribution is -0.122. The van der Waals surface area contributed by atoms with Crippen molar-refractivity contribution < 1.29 is 4.79 Å². The summed E-state index contributed by atoms with van der Waals surface area (Å²) in [5, 5.41) is 3.60. The number of carbonyl (C=O) groups excluding carboxylic acids is 1. The number of hydrogen-bond donors (Lipinski definition) is 2. The fourth-order valence-electron chi connectivity index (χ4n) is 0.807. The lowest BCUT2D eigenvalue weighted by Gasteiger charge is -2.04. The van der Waals surface area contributed by atoms with Gasteiger partial charge in [-0.05, 0) is 13.8 Å². The number of carbonyl (C=O) groups is 1. The van der Waals surface area contributed by atoms with Gasteiger partial charge in [0.2, 0.25) is 5.91 Å². The Labute approximate surface area is 81.2 Å². The van der Waals surface area contributed by atoms with E-state index < -0.39 is 6.04 Å². The predicted molar refractivity (Wildman–Crippen MR) is 52.3 cm³/mol. The maximum Gasteiger partial charge on any atom is 0.236 e. The van der Waals surface area contributed by atoms with Crippen molar-refractivity contribution in [3.8, 4) is 0 Å². The van der Waals surface area contributed by atoms with Crippen LogP contribution in [0.1, 0.15) is 16.8 Å². The van der Waals surface area contributed by atoms with Crippen molar-refractivity contribution in [1.29, 1.82) is 0 Å². The molecular weight excluding hydrogens is 186 g/mol. The van der Waals surface area contributed by atoms with Gasteiger partial charge in [-0.25, -0.2) is 4.98 Å². The Hall–Kier alpha value is -0.940. The van der Waals surface area contributed by atoms with Gasteiger partial charge in [-0.1, -0.05) is 0 Å². The largest absolute Gasteiger partial charge is 0.348 e. The smallest absolute Gasteiger partial charge is 0.236 e. The van der Waals surface area contributed by atoms with Crippen molar-refractivity contribution in [1.82, 2.24) is 10.3 Å². The van der Waals surface area contributed by atoms with Crippen LogP contribution in [0, 0.1) is 6.92 Å². The highest BCUT2D eigenvalue weighted by atomic mass is 32.1. The number of thiazole rings is 1. The first-order chi connectivity index (χ1) is 6.09. The normalized spacial score (nSPS) is 12.5. The molecule has 0 saturated carbocycles. The molecule has 13 heavy (non-hydrogen) atoms. The average Bonchev–Trinajstić information content (AvgIpc) is 2.47. The first-order valence-electron chi connectivity index (χ1n) is 4.04. The molecule has 1 amide bonds. The zero-order valence-electron chi connectivity index (χ0n) is 7.70. The van der Waals surface area contributed by atoms with Crippen LogP contribution in [0.5, 0.6) is 0 Å². The van der Waals surface area contributed by atoms with Crippen molar-refractivity contribution in [2.75, 3.05) is 0 Å². The molecule has 1 rings (SSSR count). The minimum atomic E-state index is -0.457. The molecule has 0 aliphatic heterocycles. The molecule has 0 aliphatic rings. The Morgan fingerprint density at radius 3 is 3.00 bits per heavy atom. The summed E-state index contributed by atoms with van der Waals surface area (Å²) in [7, 11) is 0. The second kappa shape index (κ2) is 4.34. The maximum absolute atomic E-state index is 11.1. The molecule has 0 radical (unpaired) electrons. The number of hydrogen-bond acceptors (Lipinski definition) is 4. The van der Waals surface area contributed by atoms with Crippen LogP contribution in [0.3, 0.4) is 0 Å². The van der Waals surface area contributed by atoms with E-state index in [0.717, 1.165) is 9.88 Å². The highest BCUT2D eigenvalue weighted by Crippen LogP contribution is 2.10. The Kier molecular flexibility index (Phi) is 3.39. The number of nitrogens with two attached hydrogens (primary N) is 1. The van der Waals surface area contributed by atoms with Gasteiger partial charge >= 0.3 is 0 Å². The average molecular weight is 199 g/mol. The van der Waals surface area contributed by atoms with E-state index in [2.05, 4.69) is 10.3 Å². The molecule has 0 bridgehead atoms. The van der Waals surface area contributed by atoms with Gasteiger partial charge in [0.1, 0.15) is 5.01 Å². The third-order valence-electron chi connectivity index (χ3n) is 1.50. The van der Waals surface area contributed by atoms with Crippen molar-refractivity contribution in [3.05, 3.63) is 16.1 Å². The first kappa shape index (κ1) is 10.1. The van der Waals surface area contributed by atoms with Crippen LogP contribution in [-0.2, 0) is 11.3 Å². The molecule has 72 valence electrons. The predicted octanol–water partition coefficient (Wildman–Crippen LogP) is 0.415. The molecule has 1 aromatic heterocycles. The third-order valence-corrected chi connectivity index (χ3v) is 2.41. The lowest BCUT2D eigenvalue weighted by atomic mass is 10.3. The van der Waals surface area contributed by atoms with Crippen molar-refractivity contribution in [2.45, 2.75) is 26.4 Å². The van der Waals surface area contributed by atoms with Gasteiger partial charge in [-0.3, -0.25) is 4.79 Å². The molecule has 4 nitrogen and oxygen atoms in total. The summed E-state index contributed by atoms with van der Waals surface area (Å²) in [6, 6.07) is -0.457. The minimum absolute atomic E-state index is 0.146. The zero-order chi connectivity index (χ0) is 9.84. The van der Waals surface area contributed by atoms with Gasteiger partial charge in [-0.2, -0.15) is 0 Å². The molecule has 1 aromatic rings. The van der Waals surface area contributed by atoms with E-state index in [4.69, 9.17) is 5.73 Å². The van der Waals surface area contributed by atoms with E-state index >= 15 is 0 Å². The van der Waals surface area contributed by atoms with E-state index in [1.807, 2.05) is 6.92 Å². The van der Waals surface area contributed by atoms with E-state index in [0.29, 0.717) is 6.54 Å². The topological polar surface area (TPSA) is 68.0 Å². The Morgan fingerprint density at radius 2 is 2.54 bits per heavy atom. The number of amides is 1. The Morgan fingerprint density at radius 1 is 1.85 bits per heavy atom. The molecule has 0 aromatic carbocycles. The van der Waals surface area contributed by atoms with Crippen molar-refractivity contribution in [2.24, 2.45) is 5.73 Å². The molecule has 1 heterocycles. The van der Waals surface area contributed by atoms with Gasteiger partial charge in [-0.15, -0.1) is 11.3 Å². The summed E-state index contributed by atoms with van der Waals surface area (Å²) in [4.78, 5) is 16.3. The number of aromatic nitrogens is 1. The zero-order valence-corrected chi connectivity index (χ0v) is 8.52. The van der Waals surface area contributed by atoms with Crippen LogP contribution < -0.4 is 11.1 Å². The van der Waals surface area contributed by atoms with Crippen molar-refractivity contribution in [3.63, 3.8) is 0 Å². The van der Waals surface area contributed by atoms with Gasteiger partial charge in [0.25, 0.3) is 0 Å². The molecule has 0 saturated heterocycles. The second-order valence-corrected chi connectivity index (χ2v) is 4.19. The quantitative estimate of drug-likeness (QED) is 0.741. The summed E-state index contributed by atoms with van der Waals surface area (Å²) in [5.74, 6) is -0.146. The van der Waals surface area contributed by atoms with Crippen LogP contribution >= 0.6 is 11.3 Å². The van der Waals surface area contributed by atoms with Crippen LogP contribution in [0.25, 0.3) is 0 Å². The molecular formula is C8H13N3OS. The molecule has 3 N–H and O–H groups in total. The molecule has 0 aliphatic carbocycles. The molecule has 5 heteroatoms. The van der Waals surface area contributed by atoms with E-state index in [9.17, 15) is 4.79 Å². The SMILES string of the molecule is Cc1cnc(CNC(=O)C(C)N)s1. The summed E-state index contributed by atoms with van der Waals surface area (Å²) in [6.07, 6.45) is 1.79. The third kappa shape index (κ3) is 3.12. The van der Waals surface area contributed by atoms with Crippen LogP contribution in [0.2, 0.25) is 0 Å². The molecule has 0 fully saturated rings. The molecule has 1 atom stereocenters. The Bertz CT molecular complexity index is 295. The number of rotatable bonds is 3. The van der Waals surface area contributed by atoms with Crippen LogP contribution in [0.15, 0.2) is 6.20 Å². The standard InChI is InChI=1S/C8H13N3OS/c1-5-3-10-7(13-5)4-11-8(12)6(2)9/h3,6H,4,9H2,1-2H3,(H,11,12). The van der Waals surface area contributed by atoms with Crippen LogP contribution in [-0.4, -0.2) is 16.9 Å². The van der Waals surface area contributed by atoms with Gasteiger partial charge in [0.05, 0.1) is 12.6 Å². The first-order valence-corrected chi connectivity index (χ1v) is 4.86. The summed E-state index contributed by atoms with van der Waals surface area (Å²) in [5.41, 5.74) is 5.38. The maximum atomic E-state index is 11.1. The highest BCUT2D eigenvalue weighted by molar-refractivity contribution is 7.11. The molecule has 1 unspecified atom stereocenters. The van der Waals surface area contributed by atoms with Gasteiger partial charge in [0, 0.05) is 11.1 Å².